The molecule has 0 bridgehead atoms. The number of phenols is 1. The highest BCUT2D eigenvalue weighted by molar-refractivity contribution is 7.22. The maximum absolute atomic E-state index is 12.9. The molecule has 176 valence electrons. The number of hydrogen-bond donors (Lipinski definition) is 2. The lowest BCUT2D eigenvalue weighted by molar-refractivity contribution is -0.137. The van der Waals surface area contributed by atoms with Crippen LogP contribution in [0.4, 0.5) is 18.3 Å². The summed E-state index contributed by atoms with van der Waals surface area (Å²) < 4.78 is 44.9. The number of thiazole rings is 1. The number of aromatic nitrogens is 1. The summed E-state index contributed by atoms with van der Waals surface area (Å²) in [5, 5.41) is 13.7. The van der Waals surface area contributed by atoms with Gasteiger partial charge in [-0.05, 0) is 44.2 Å². The minimum Gasteiger partial charge on any atom is -0.507 e. The number of nitrogens with one attached hydrogen (secondary N) is 1. The van der Waals surface area contributed by atoms with Gasteiger partial charge in [-0.15, -0.1) is 0 Å². The summed E-state index contributed by atoms with van der Waals surface area (Å²) >= 11 is 7.13. The molecule has 1 aliphatic heterocycles. The van der Waals surface area contributed by atoms with E-state index >= 15 is 0 Å². The maximum atomic E-state index is 12.9. The van der Waals surface area contributed by atoms with Gasteiger partial charge in [-0.3, -0.25) is 15.0 Å². The number of rotatable bonds is 4. The molecule has 1 amide bonds. The molecular formula is C22H21ClF3N3O3S. The molecule has 1 aromatic heterocycles. The predicted molar refractivity (Wildman–Crippen MR) is 121 cm³/mol. The Kier molecular flexibility index (Phi) is 6.54. The quantitative estimate of drug-likeness (QED) is 0.493. The molecule has 0 aliphatic carbocycles. The van der Waals surface area contributed by atoms with Crippen LogP contribution >= 0.6 is 22.9 Å². The maximum Gasteiger partial charge on any atom is 0.416 e. The highest BCUT2D eigenvalue weighted by Gasteiger charge is 2.31. The van der Waals surface area contributed by atoms with Crippen LogP contribution in [0.25, 0.3) is 10.2 Å². The number of phenolic OH excluding ortho intramolecular Hbond substituents is 1. The molecule has 2 heterocycles. The van der Waals surface area contributed by atoms with Crippen LogP contribution in [0.1, 0.15) is 35.3 Å². The van der Waals surface area contributed by atoms with Crippen LogP contribution < -0.4 is 5.32 Å². The Labute approximate surface area is 196 Å². The van der Waals surface area contributed by atoms with Gasteiger partial charge in [0.15, 0.2) is 5.13 Å². The molecule has 2 unspecified atom stereocenters. The molecule has 6 nitrogen and oxygen atoms in total. The van der Waals surface area contributed by atoms with Crippen molar-refractivity contribution in [3.8, 4) is 5.75 Å². The molecule has 11 heteroatoms. The van der Waals surface area contributed by atoms with Crippen LogP contribution in [-0.2, 0) is 17.5 Å². The SMILES string of the molecule is CC1CN(Cc2cc(Cl)cc(C(=O)Nc3nc4ccc(C(F)(F)F)cc4s3)c2O)CC(C)O1. The number of alkyl halides is 3. The van der Waals surface area contributed by atoms with Crippen molar-refractivity contribution in [3.05, 3.63) is 52.0 Å². The fourth-order valence-electron chi connectivity index (χ4n) is 3.92. The minimum atomic E-state index is -4.47. The van der Waals surface area contributed by atoms with Gasteiger partial charge < -0.3 is 9.84 Å². The lowest BCUT2D eigenvalue weighted by Crippen LogP contribution is -2.44. The van der Waals surface area contributed by atoms with E-state index in [0.717, 1.165) is 23.5 Å². The zero-order valence-electron chi connectivity index (χ0n) is 17.7. The number of halogens is 4. The normalized spacial score (nSPS) is 19.7. The van der Waals surface area contributed by atoms with E-state index in [1.165, 1.54) is 12.1 Å². The Morgan fingerprint density at radius 3 is 2.64 bits per heavy atom. The van der Waals surface area contributed by atoms with Gasteiger partial charge in [0.1, 0.15) is 5.75 Å². The van der Waals surface area contributed by atoms with Crippen molar-refractivity contribution in [2.75, 3.05) is 18.4 Å². The van der Waals surface area contributed by atoms with E-state index in [4.69, 9.17) is 16.3 Å². The van der Waals surface area contributed by atoms with E-state index in [2.05, 4.69) is 15.2 Å². The largest absolute Gasteiger partial charge is 0.507 e. The summed E-state index contributed by atoms with van der Waals surface area (Å²) in [6, 6.07) is 6.13. The molecule has 4 rings (SSSR count). The second-order valence-electron chi connectivity index (χ2n) is 8.07. The first-order valence-corrected chi connectivity index (χ1v) is 11.4. The molecule has 0 saturated carbocycles. The summed E-state index contributed by atoms with van der Waals surface area (Å²) in [5.74, 6) is -0.862. The third kappa shape index (κ3) is 5.40. The Hall–Kier alpha value is -2.40. The highest BCUT2D eigenvalue weighted by Crippen LogP contribution is 2.35. The number of hydrogen-bond acceptors (Lipinski definition) is 6. The van der Waals surface area contributed by atoms with E-state index in [1.807, 2.05) is 13.8 Å². The molecule has 3 aromatic rings. The van der Waals surface area contributed by atoms with Crippen molar-refractivity contribution >= 4 is 44.2 Å². The van der Waals surface area contributed by atoms with Crippen LogP contribution in [0.5, 0.6) is 5.75 Å². The topological polar surface area (TPSA) is 74.7 Å². The average Bonchev–Trinajstić information content (AvgIpc) is 3.10. The van der Waals surface area contributed by atoms with Crippen molar-refractivity contribution < 1.29 is 27.8 Å². The van der Waals surface area contributed by atoms with E-state index < -0.39 is 17.6 Å². The Bertz CT molecular complexity index is 1190. The number of nitrogens with zero attached hydrogens (tertiary/aromatic N) is 2. The van der Waals surface area contributed by atoms with E-state index in [9.17, 15) is 23.1 Å². The number of amides is 1. The van der Waals surface area contributed by atoms with Gasteiger partial charge in [0.25, 0.3) is 5.91 Å². The Balaban J connectivity index is 1.56. The summed E-state index contributed by atoms with van der Waals surface area (Å²) in [7, 11) is 0. The molecule has 0 spiro atoms. The number of carbonyl (C=O) groups excluding carboxylic acids is 1. The van der Waals surface area contributed by atoms with Crippen LogP contribution in [-0.4, -0.2) is 46.2 Å². The Morgan fingerprint density at radius 1 is 1.27 bits per heavy atom. The van der Waals surface area contributed by atoms with Gasteiger partial charge >= 0.3 is 6.18 Å². The number of anilines is 1. The number of morpholine rings is 1. The first-order chi connectivity index (χ1) is 15.5. The Morgan fingerprint density at radius 2 is 1.97 bits per heavy atom. The monoisotopic (exact) mass is 499 g/mol. The fourth-order valence-corrected chi connectivity index (χ4v) is 5.06. The molecule has 1 aliphatic rings. The third-order valence-corrected chi connectivity index (χ3v) is 6.38. The van der Waals surface area contributed by atoms with E-state index in [-0.39, 0.29) is 38.4 Å². The van der Waals surface area contributed by atoms with Crippen LogP contribution in [0.3, 0.4) is 0 Å². The molecular weight excluding hydrogens is 479 g/mol. The second kappa shape index (κ2) is 9.09. The first kappa shape index (κ1) is 23.7. The number of aromatic hydroxyl groups is 1. The van der Waals surface area contributed by atoms with Crippen molar-refractivity contribution in [2.24, 2.45) is 0 Å². The van der Waals surface area contributed by atoms with Crippen LogP contribution in [0.15, 0.2) is 30.3 Å². The standard InChI is InChI=1S/C22H21ClF3N3O3S/c1-11-8-29(9-12(2)32-11)10-13-5-15(23)7-16(19(13)30)20(31)28-21-27-17-4-3-14(22(24,25)26)6-18(17)33-21/h3-7,11-12,30H,8-10H2,1-2H3,(H,27,28,31). The van der Waals surface area contributed by atoms with Crippen molar-refractivity contribution in [1.82, 2.24) is 9.88 Å². The van der Waals surface area contributed by atoms with E-state index in [1.54, 1.807) is 6.07 Å². The number of fused-ring (bicyclic) bond motifs is 1. The van der Waals surface area contributed by atoms with Gasteiger partial charge in [-0.2, -0.15) is 13.2 Å². The molecule has 1 saturated heterocycles. The number of benzene rings is 2. The lowest BCUT2D eigenvalue weighted by Gasteiger charge is -2.35. The summed E-state index contributed by atoms with van der Waals surface area (Å²) in [4.78, 5) is 19.1. The van der Waals surface area contributed by atoms with Crippen LogP contribution in [0.2, 0.25) is 5.02 Å². The number of carbonyl (C=O) groups is 1. The second-order valence-corrected chi connectivity index (χ2v) is 9.53. The van der Waals surface area contributed by atoms with Crippen molar-refractivity contribution in [1.29, 1.82) is 0 Å². The van der Waals surface area contributed by atoms with Gasteiger partial charge in [0.2, 0.25) is 0 Å². The molecule has 1 fully saturated rings. The number of ether oxygens (including phenoxy) is 1. The van der Waals surface area contributed by atoms with E-state index in [0.29, 0.717) is 30.7 Å². The molecule has 2 N–H and O–H groups in total. The average molecular weight is 500 g/mol. The smallest absolute Gasteiger partial charge is 0.416 e. The summed E-state index contributed by atoms with van der Waals surface area (Å²) in [6.07, 6.45) is -4.40. The first-order valence-electron chi connectivity index (χ1n) is 10.2. The van der Waals surface area contributed by atoms with Crippen molar-refractivity contribution in [3.63, 3.8) is 0 Å². The highest BCUT2D eigenvalue weighted by atomic mass is 35.5. The molecule has 2 atom stereocenters. The zero-order valence-corrected chi connectivity index (χ0v) is 19.3. The van der Waals surface area contributed by atoms with Crippen LogP contribution in [0, 0.1) is 0 Å². The van der Waals surface area contributed by atoms with Gasteiger partial charge in [-0.25, -0.2) is 4.98 Å². The molecule has 2 aromatic carbocycles. The summed E-state index contributed by atoms with van der Waals surface area (Å²) in [6.45, 7) is 5.66. The van der Waals surface area contributed by atoms with Gasteiger partial charge in [0, 0.05) is 30.2 Å². The third-order valence-electron chi connectivity index (χ3n) is 5.22. The van der Waals surface area contributed by atoms with Gasteiger partial charge in [0.05, 0.1) is 33.6 Å². The molecule has 0 radical (unpaired) electrons. The predicted octanol–water partition coefficient (Wildman–Crippen LogP) is 5.54. The van der Waals surface area contributed by atoms with Gasteiger partial charge in [-0.1, -0.05) is 22.9 Å². The molecule has 33 heavy (non-hydrogen) atoms. The fraction of sp³-hybridized carbons (Fsp3) is 0.364. The van der Waals surface area contributed by atoms with Crippen molar-refractivity contribution in [2.45, 2.75) is 38.8 Å². The summed E-state index contributed by atoms with van der Waals surface area (Å²) in [5.41, 5.74) is -0.00886. The minimum absolute atomic E-state index is 0.0368. The zero-order chi connectivity index (χ0) is 23.9. The lowest BCUT2D eigenvalue weighted by atomic mass is 10.1.